The fourth-order valence-electron chi connectivity index (χ4n) is 2.75. The number of nitrogens with one attached hydrogen (secondary N) is 1. The predicted molar refractivity (Wildman–Crippen MR) is 99.9 cm³/mol. The van der Waals surface area contributed by atoms with Crippen molar-refractivity contribution in [3.8, 4) is 0 Å². The first-order valence-electron chi connectivity index (χ1n) is 8.16. The smallest absolute Gasteiger partial charge is 0.194 e. The average molecular weight is 434 g/mol. The molecule has 1 saturated heterocycles. The number of guanidine groups is 1. The van der Waals surface area contributed by atoms with Gasteiger partial charge in [-0.15, -0.1) is 34.2 Å². The lowest BCUT2D eigenvalue weighted by Crippen LogP contribution is -2.47. The fourth-order valence-corrected chi connectivity index (χ4v) is 2.75. The van der Waals surface area contributed by atoms with Crippen molar-refractivity contribution in [3.05, 3.63) is 12.2 Å². The molecule has 0 atom stereocenters. The van der Waals surface area contributed by atoms with E-state index in [0.29, 0.717) is 12.6 Å². The van der Waals surface area contributed by atoms with Gasteiger partial charge in [-0.25, -0.2) is 0 Å². The molecule has 3 rings (SSSR count). The number of rotatable bonds is 5. The number of ether oxygens (including phenoxy) is 1. The molecule has 0 spiro atoms. The lowest BCUT2D eigenvalue weighted by atomic mass is 10.1. The lowest BCUT2D eigenvalue weighted by molar-refractivity contribution is 0.0131. The van der Waals surface area contributed by atoms with Crippen LogP contribution in [0.1, 0.15) is 31.5 Å². The van der Waals surface area contributed by atoms with Crippen LogP contribution in [0.5, 0.6) is 0 Å². The Labute approximate surface area is 154 Å². The van der Waals surface area contributed by atoms with Crippen LogP contribution in [0.25, 0.3) is 0 Å². The minimum absolute atomic E-state index is 0. The Bertz CT molecular complexity index is 508. The maximum absolute atomic E-state index is 5.99. The summed E-state index contributed by atoms with van der Waals surface area (Å²) < 4.78 is 7.91. The summed E-state index contributed by atoms with van der Waals surface area (Å²) in [6.45, 7) is 3.59. The van der Waals surface area contributed by atoms with E-state index < -0.39 is 0 Å². The van der Waals surface area contributed by atoms with E-state index in [1.807, 2.05) is 18.7 Å². The average Bonchev–Trinajstić information content (AvgIpc) is 3.29. The zero-order valence-corrected chi connectivity index (χ0v) is 16.3. The van der Waals surface area contributed by atoms with E-state index in [4.69, 9.17) is 4.74 Å². The van der Waals surface area contributed by atoms with Crippen LogP contribution >= 0.6 is 24.0 Å². The van der Waals surface area contributed by atoms with E-state index in [9.17, 15) is 0 Å². The van der Waals surface area contributed by atoms with Gasteiger partial charge in [0.05, 0.1) is 12.6 Å². The highest BCUT2D eigenvalue weighted by molar-refractivity contribution is 14.0. The second-order valence-corrected chi connectivity index (χ2v) is 6.22. The van der Waals surface area contributed by atoms with Gasteiger partial charge in [0.2, 0.25) is 0 Å². The van der Waals surface area contributed by atoms with Gasteiger partial charge in [-0.1, -0.05) is 0 Å². The summed E-state index contributed by atoms with van der Waals surface area (Å²) in [5.74, 6) is 2.69. The summed E-state index contributed by atoms with van der Waals surface area (Å²) in [4.78, 5) is 6.68. The van der Waals surface area contributed by atoms with Crippen molar-refractivity contribution >= 4 is 29.9 Å². The van der Waals surface area contributed by atoms with Gasteiger partial charge in [0.15, 0.2) is 11.8 Å². The van der Waals surface area contributed by atoms with Crippen LogP contribution in [-0.4, -0.2) is 58.5 Å². The summed E-state index contributed by atoms with van der Waals surface area (Å²) in [5, 5.41) is 11.3. The number of piperidine rings is 1. The van der Waals surface area contributed by atoms with Crippen molar-refractivity contribution in [1.82, 2.24) is 25.0 Å². The molecule has 1 N–H and O–H groups in total. The van der Waals surface area contributed by atoms with Crippen LogP contribution in [0.3, 0.4) is 0 Å². The van der Waals surface area contributed by atoms with E-state index in [0.717, 1.165) is 50.2 Å². The predicted octanol–water partition coefficient (Wildman–Crippen LogP) is 1.40. The molecule has 0 radical (unpaired) electrons. The number of nitrogens with zero attached hydrogens (tertiary/aromatic N) is 5. The Kier molecular flexibility index (Phi) is 7.07. The van der Waals surface area contributed by atoms with Crippen LogP contribution < -0.4 is 5.32 Å². The molecule has 7 nitrogen and oxygen atoms in total. The van der Waals surface area contributed by atoms with E-state index in [2.05, 4.69) is 25.4 Å². The first-order valence-corrected chi connectivity index (χ1v) is 8.16. The summed E-state index contributed by atoms with van der Waals surface area (Å²) in [5.41, 5.74) is 0. The molecule has 2 fully saturated rings. The van der Waals surface area contributed by atoms with Gasteiger partial charge in [-0.3, -0.25) is 4.99 Å². The molecule has 1 aliphatic carbocycles. The van der Waals surface area contributed by atoms with Gasteiger partial charge < -0.3 is 19.5 Å². The zero-order valence-electron chi connectivity index (χ0n) is 13.9. The summed E-state index contributed by atoms with van der Waals surface area (Å²) in [7, 11) is 3.77. The van der Waals surface area contributed by atoms with Crippen LogP contribution in [-0.2, 0) is 18.3 Å². The van der Waals surface area contributed by atoms with Crippen molar-refractivity contribution in [2.45, 2.75) is 38.3 Å². The Morgan fingerprint density at radius 3 is 2.65 bits per heavy atom. The normalized spacial score (nSPS) is 19.6. The lowest BCUT2D eigenvalue weighted by Gasteiger charge is -2.34. The van der Waals surface area contributed by atoms with E-state index in [-0.39, 0.29) is 24.0 Å². The van der Waals surface area contributed by atoms with Gasteiger partial charge in [0, 0.05) is 33.8 Å². The Hall–Kier alpha value is -0.900. The monoisotopic (exact) mass is 434 g/mol. The topological polar surface area (TPSA) is 67.6 Å². The van der Waals surface area contributed by atoms with E-state index in [1.165, 1.54) is 12.8 Å². The Morgan fingerprint density at radius 2 is 2.09 bits per heavy atom. The number of aliphatic imine (C=N–C) groups is 1. The molecule has 2 aliphatic rings. The molecular formula is C15H27IN6O. The van der Waals surface area contributed by atoms with Gasteiger partial charge in [-0.05, 0) is 31.6 Å². The molecule has 0 unspecified atom stereocenters. The number of aromatic nitrogens is 3. The number of hydrogen-bond acceptors (Lipinski definition) is 4. The highest BCUT2D eigenvalue weighted by Gasteiger charge is 2.26. The SMILES string of the molecule is CN=C(NCc1nncn1C)N1CCC(OCC2CC2)CC1.I. The van der Waals surface area contributed by atoms with Gasteiger partial charge >= 0.3 is 0 Å². The number of halogens is 1. The third-order valence-corrected chi connectivity index (χ3v) is 4.43. The highest BCUT2D eigenvalue weighted by Crippen LogP contribution is 2.30. The van der Waals surface area contributed by atoms with Gasteiger partial charge in [-0.2, -0.15) is 0 Å². The number of hydrogen-bond donors (Lipinski definition) is 1. The second-order valence-electron chi connectivity index (χ2n) is 6.22. The minimum Gasteiger partial charge on any atom is -0.378 e. The third kappa shape index (κ3) is 5.30. The van der Waals surface area contributed by atoms with Crippen LogP contribution in [0.15, 0.2) is 11.3 Å². The molecule has 1 aliphatic heterocycles. The van der Waals surface area contributed by atoms with E-state index in [1.54, 1.807) is 6.33 Å². The molecule has 8 heteroatoms. The van der Waals surface area contributed by atoms with Crippen molar-refractivity contribution in [3.63, 3.8) is 0 Å². The molecule has 0 bridgehead atoms. The first kappa shape index (κ1) is 18.4. The van der Waals surface area contributed by atoms with Crippen molar-refractivity contribution in [1.29, 1.82) is 0 Å². The van der Waals surface area contributed by atoms with Gasteiger partial charge in [0.25, 0.3) is 0 Å². The molecule has 23 heavy (non-hydrogen) atoms. The standard InChI is InChI=1S/C15H26N6O.HI/c1-16-15(17-9-14-19-18-11-20(14)2)21-7-5-13(6-8-21)22-10-12-3-4-12;/h11-13H,3-10H2,1-2H3,(H,16,17);1H. The molecule has 1 saturated carbocycles. The maximum Gasteiger partial charge on any atom is 0.194 e. The quantitative estimate of drug-likeness (QED) is 0.431. The van der Waals surface area contributed by atoms with Crippen LogP contribution in [0, 0.1) is 5.92 Å². The zero-order chi connectivity index (χ0) is 15.4. The van der Waals surface area contributed by atoms with Crippen molar-refractivity contribution in [2.24, 2.45) is 18.0 Å². The third-order valence-electron chi connectivity index (χ3n) is 4.43. The molecule has 0 aromatic carbocycles. The fraction of sp³-hybridized carbons (Fsp3) is 0.800. The largest absolute Gasteiger partial charge is 0.378 e. The Balaban J connectivity index is 0.00000192. The summed E-state index contributed by atoms with van der Waals surface area (Å²) in [6.07, 6.45) is 7.01. The molecule has 1 aromatic rings. The molecule has 130 valence electrons. The molecule has 1 aromatic heterocycles. The van der Waals surface area contributed by atoms with Crippen LogP contribution in [0.4, 0.5) is 0 Å². The second kappa shape index (κ2) is 8.81. The maximum atomic E-state index is 5.99. The summed E-state index contributed by atoms with van der Waals surface area (Å²) in [6, 6.07) is 0. The van der Waals surface area contributed by atoms with Crippen LogP contribution in [0.2, 0.25) is 0 Å². The minimum atomic E-state index is 0. The molecular weight excluding hydrogens is 407 g/mol. The molecule has 2 heterocycles. The van der Waals surface area contributed by atoms with Crippen molar-refractivity contribution in [2.75, 3.05) is 26.7 Å². The van der Waals surface area contributed by atoms with Crippen molar-refractivity contribution < 1.29 is 4.74 Å². The van der Waals surface area contributed by atoms with E-state index >= 15 is 0 Å². The molecule has 0 amide bonds. The first-order chi connectivity index (χ1) is 10.8. The van der Waals surface area contributed by atoms with Gasteiger partial charge in [0.1, 0.15) is 6.33 Å². The number of likely N-dealkylation sites (tertiary alicyclic amines) is 1. The summed E-state index contributed by atoms with van der Waals surface area (Å²) >= 11 is 0. The highest BCUT2D eigenvalue weighted by atomic mass is 127. The Morgan fingerprint density at radius 1 is 1.35 bits per heavy atom. The number of aryl methyl sites for hydroxylation is 1.